The number of carbonyl (C=O) groups excluding carboxylic acids is 1. The molecule has 8 nitrogen and oxygen atoms in total. The van der Waals surface area contributed by atoms with Crippen LogP contribution in [-0.4, -0.2) is 34.6 Å². The molecule has 0 radical (unpaired) electrons. The maximum Gasteiger partial charge on any atom is 0.269 e. The smallest absolute Gasteiger partial charge is 0.269 e. The SMILES string of the molecule is CCN1C(=O)/C(=C\c2ccccc2OCc2cccc([N+](=O)[O-])c2)SC1=Nc1ccc(OC)cc1. The van der Waals surface area contributed by atoms with Crippen LogP contribution in [0.1, 0.15) is 18.1 Å². The van der Waals surface area contributed by atoms with Crippen LogP contribution in [0.3, 0.4) is 0 Å². The van der Waals surface area contributed by atoms with Gasteiger partial charge in [-0.15, -0.1) is 0 Å². The molecule has 0 atom stereocenters. The number of hydrogen-bond acceptors (Lipinski definition) is 7. The molecule has 9 heteroatoms. The number of amidine groups is 1. The summed E-state index contributed by atoms with van der Waals surface area (Å²) >= 11 is 1.31. The Kier molecular flexibility index (Phi) is 7.47. The lowest BCUT2D eigenvalue weighted by Gasteiger charge is -2.12. The van der Waals surface area contributed by atoms with Gasteiger partial charge in [-0.25, -0.2) is 4.99 Å². The predicted octanol–water partition coefficient (Wildman–Crippen LogP) is 5.81. The Bertz CT molecular complexity index is 1300. The molecule has 3 aromatic rings. The second-order valence-electron chi connectivity index (χ2n) is 7.51. The maximum absolute atomic E-state index is 13.1. The van der Waals surface area contributed by atoms with Crippen LogP contribution in [0.4, 0.5) is 11.4 Å². The molecule has 1 aliphatic rings. The average molecular weight is 490 g/mol. The minimum Gasteiger partial charge on any atom is -0.497 e. The Morgan fingerprint density at radius 1 is 1.09 bits per heavy atom. The van der Waals surface area contributed by atoms with Gasteiger partial charge in [-0.05, 0) is 60.7 Å². The second-order valence-corrected chi connectivity index (χ2v) is 8.52. The van der Waals surface area contributed by atoms with E-state index in [4.69, 9.17) is 9.47 Å². The van der Waals surface area contributed by atoms with E-state index in [1.165, 1.54) is 23.9 Å². The summed E-state index contributed by atoms with van der Waals surface area (Å²) in [6.07, 6.45) is 1.79. The summed E-state index contributed by atoms with van der Waals surface area (Å²) in [5, 5.41) is 11.6. The van der Waals surface area contributed by atoms with Gasteiger partial charge in [-0.2, -0.15) is 0 Å². The monoisotopic (exact) mass is 489 g/mol. The Balaban J connectivity index is 1.56. The number of benzene rings is 3. The van der Waals surface area contributed by atoms with Crippen molar-refractivity contribution < 1.29 is 19.2 Å². The van der Waals surface area contributed by atoms with E-state index in [1.807, 2.05) is 49.4 Å². The number of methoxy groups -OCH3 is 1. The first-order chi connectivity index (χ1) is 17.0. The average Bonchev–Trinajstić information content (AvgIpc) is 3.17. The third-order valence-electron chi connectivity index (χ3n) is 5.22. The number of nitro groups is 1. The van der Waals surface area contributed by atoms with Crippen LogP contribution in [0.15, 0.2) is 82.7 Å². The number of para-hydroxylation sites is 1. The van der Waals surface area contributed by atoms with E-state index in [-0.39, 0.29) is 18.2 Å². The number of rotatable bonds is 8. The van der Waals surface area contributed by atoms with Crippen LogP contribution in [0, 0.1) is 10.1 Å². The van der Waals surface area contributed by atoms with Crippen LogP contribution in [0.25, 0.3) is 6.08 Å². The quantitative estimate of drug-likeness (QED) is 0.225. The molecule has 1 amide bonds. The number of non-ortho nitro benzene ring substituents is 1. The van der Waals surface area contributed by atoms with Crippen molar-refractivity contribution in [2.24, 2.45) is 4.99 Å². The van der Waals surface area contributed by atoms with Crippen LogP contribution >= 0.6 is 11.8 Å². The van der Waals surface area contributed by atoms with Gasteiger partial charge in [0.05, 0.1) is 22.6 Å². The summed E-state index contributed by atoms with van der Waals surface area (Å²) < 4.78 is 11.1. The molecule has 0 bridgehead atoms. The standard InChI is InChI=1S/C26H23N3O5S/c1-3-28-25(30)24(35-26(28)27-20-11-13-22(33-2)14-12-20)16-19-8-4-5-10-23(19)34-17-18-7-6-9-21(15-18)29(31)32/h4-16H,3,17H2,1-2H3/b24-16+,27-26?. The molecule has 0 N–H and O–H groups in total. The lowest BCUT2D eigenvalue weighted by molar-refractivity contribution is -0.384. The number of nitrogens with zero attached hydrogens (tertiary/aromatic N) is 3. The van der Waals surface area contributed by atoms with Gasteiger partial charge in [0.1, 0.15) is 18.1 Å². The van der Waals surface area contributed by atoms with Crippen molar-refractivity contribution in [3.05, 3.63) is 98.9 Å². The summed E-state index contributed by atoms with van der Waals surface area (Å²) in [7, 11) is 1.60. The summed E-state index contributed by atoms with van der Waals surface area (Å²) in [6.45, 7) is 2.55. The molecular weight excluding hydrogens is 466 g/mol. The molecular formula is C26H23N3O5S. The largest absolute Gasteiger partial charge is 0.497 e. The van der Waals surface area contributed by atoms with Crippen LogP contribution in [0.2, 0.25) is 0 Å². The molecule has 0 unspecified atom stereocenters. The molecule has 3 aromatic carbocycles. The molecule has 35 heavy (non-hydrogen) atoms. The van der Waals surface area contributed by atoms with Gasteiger partial charge in [0, 0.05) is 24.2 Å². The van der Waals surface area contributed by atoms with Gasteiger partial charge >= 0.3 is 0 Å². The highest BCUT2D eigenvalue weighted by Gasteiger charge is 2.32. The summed E-state index contributed by atoms with van der Waals surface area (Å²) in [5.41, 5.74) is 2.15. The van der Waals surface area contributed by atoms with E-state index >= 15 is 0 Å². The maximum atomic E-state index is 13.1. The van der Waals surface area contributed by atoms with E-state index in [0.29, 0.717) is 27.9 Å². The highest BCUT2D eigenvalue weighted by molar-refractivity contribution is 8.18. The first-order valence-corrected chi connectivity index (χ1v) is 11.7. The lowest BCUT2D eigenvalue weighted by atomic mass is 10.1. The van der Waals surface area contributed by atoms with Gasteiger partial charge < -0.3 is 9.47 Å². The summed E-state index contributed by atoms with van der Waals surface area (Å²) in [5.74, 6) is 1.18. The zero-order chi connectivity index (χ0) is 24.8. The highest BCUT2D eigenvalue weighted by Crippen LogP contribution is 2.35. The van der Waals surface area contributed by atoms with E-state index < -0.39 is 4.92 Å². The van der Waals surface area contributed by atoms with Crippen molar-refractivity contribution in [1.82, 2.24) is 4.90 Å². The molecule has 1 heterocycles. The Morgan fingerprint density at radius 3 is 2.57 bits per heavy atom. The zero-order valence-corrected chi connectivity index (χ0v) is 20.0. The molecule has 4 rings (SSSR count). The van der Waals surface area contributed by atoms with Crippen LogP contribution < -0.4 is 9.47 Å². The highest BCUT2D eigenvalue weighted by atomic mass is 32.2. The molecule has 1 aliphatic heterocycles. The molecule has 0 aliphatic carbocycles. The second kappa shape index (κ2) is 10.9. The fraction of sp³-hybridized carbons (Fsp3) is 0.154. The predicted molar refractivity (Wildman–Crippen MR) is 137 cm³/mol. The van der Waals surface area contributed by atoms with E-state index in [2.05, 4.69) is 4.99 Å². The van der Waals surface area contributed by atoms with Crippen molar-refractivity contribution in [1.29, 1.82) is 0 Å². The molecule has 1 saturated heterocycles. The van der Waals surface area contributed by atoms with E-state index in [9.17, 15) is 14.9 Å². The summed E-state index contributed by atoms with van der Waals surface area (Å²) in [4.78, 5) is 30.5. The molecule has 1 fully saturated rings. The van der Waals surface area contributed by atoms with Gasteiger partial charge in [0.25, 0.3) is 11.6 Å². The lowest BCUT2D eigenvalue weighted by Crippen LogP contribution is -2.28. The van der Waals surface area contributed by atoms with Crippen molar-refractivity contribution in [3.8, 4) is 11.5 Å². The number of nitro benzene ring substituents is 1. The molecule has 0 aromatic heterocycles. The van der Waals surface area contributed by atoms with Gasteiger partial charge in [-0.3, -0.25) is 19.8 Å². The van der Waals surface area contributed by atoms with Crippen LogP contribution in [-0.2, 0) is 11.4 Å². The first kappa shape index (κ1) is 24.0. The minimum absolute atomic E-state index is 0.0118. The fourth-order valence-corrected chi connectivity index (χ4v) is 4.48. The van der Waals surface area contributed by atoms with E-state index in [1.54, 1.807) is 36.3 Å². The normalized spacial score (nSPS) is 15.6. The number of carbonyl (C=O) groups is 1. The van der Waals surface area contributed by atoms with Crippen molar-refractivity contribution in [2.75, 3.05) is 13.7 Å². The third-order valence-corrected chi connectivity index (χ3v) is 6.23. The Hall–Kier alpha value is -4.11. The zero-order valence-electron chi connectivity index (χ0n) is 19.2. The number of amides is 1. The number of aliphatic imine (C=N–C) groups is 1. The number of ether oxygens (including phenoxy) is 2. The van der Waals surface area contributed by atoms with Crippen molar-refractivity contribution in [2.45, 2.75) is 13.5 Å². The first-order valence-electron chi connectivity index (χ1n) is 10.9. The van der Waals surface area contributed by atoms with Crippen molar-refractivity contribution in [3.63, 3.8) is 0 Å². The molecule has 178 valence electrons. The third kappa shape index (κ3) is 5.70. The number of thioether (sulfide) groups is 1. The Labute approximate surface area is 207 Å². The van der Waals surface area contributed by atoms with Gasteiger partial charge in [0.2, 0.25) is 0 Å². The van der Waals surface area contributed by atoms with Crippen molar-refractivity contribution >= 4 is 40.3 Å². The minimum atomic E-state index is -0.435. The van der Waals surface area contributed by atoms with Crippen LogP contribution in [0.5, 0.6) is 11.5 Å². The van der Waals surface area contributed by atoms with Gasteiger partial charge in [0.15, 0.2) is 5.17 Å². The molecule has 0 spiro atoms. The number of likely N-dealkylation sites (N-methyl/N-ethyl adjacent to an activating group) is 1. The summed E-state index contributed by atoms with van der Waals surface area (Å²) in [6, 6.07) is 21.0. The topological polar surface area (TPSA) is 94.3 Å². The fourth-order valence-electron chi connectivity index (χ4n) is 3.43. The Morgan fingerprint density at radius 2 is 1.86 bits per heavy atom. The number of hydrogen-bond donors (Lipinski definition) is 0. The molecule has 0 saturated carbocycles. The van der Waals surface area contributed by atoms with Gasteiger partial charge in [-0.1, -0.05) is 30.3 Å². The van der Waals surface area contributed by atoms with E-state index in [0.717, 1.165) is 17.0 Å².